The van der Waals surface area contributed by atoms with Crippen LogP contribution in [-0.4, -0.2) is 55.6 Å². The molecule has 0 amide bonds. The number of ketones is 1. The lowest BCUT2D eigenvalue weighted by atomic mass is 9.61. The largest absolute Gasteiger partial charge is 0.427 e. The van der Waals surface area contributed by atoms with E-state index in [9.17, 15) is 30.8 Å². The zero-order chi connectivity index (χ0) is 31.7. The molecule has 0 aliphatic heterocycles. The van der Waals surface area contributed by atoms with Crippen molar-refractivity contribution in [3.8, 4) is 5.69 Å². The summed E-state index contributed by atoms with van der Waals surface area (Å²) >= 11 is 0.298. The number of aryl methyl sites for hydroxylation is 1. The van der Waals surface area contributed by atoms with Crippen LogP contribution in [0, 0.1) is 17.2 Å². The highest BCUT2D eigenvalue weighted by Crippen LogP contribution is 2.52. The van der Waals surface area contributed by atoms with E-state index < -0.39 is 44.1 Å². The fourth-order valence-electron chi connectivity index (χ4n) is 6.48. The van der Waals surface area contributed by atoms with E-state index in [-0.39, 0.29) is 35.3 Å². The van der Waals surface area contributed by atoms with Crippen LogP contribution in [0.1, 0.15) is 58.0 Å². The predicted molar refractivity (Wildman–Crippen MR) is 157 cm³/mol. The van der Waals surface area contributed by atoms with Gasteiger partial charge in [-0.2, -0.15) is 27.7 Å². The van der Waals surface area contributed by atoms with Crippen LogP contribution in [0.5, 0.6) is 0 Å². The van der Waals surface area contributed by atoms with E-state index >= 15 is 0 Å². The molecule has 45 heavy (non-hydrogen) atoms. The number of nitrogens with zero attached hydrogens (tertiary/aromatic N) is 6. The summed E-state index contributed by atoms with van der Waals surface area (Å²) in [5, 5.41) is 8.29. The first-order chi connectivity index (χ1) is 21.3. The van der Waals surface area contributed by atoms with Gasteiger partial charge in [-0.3, -0.25) is 9.48 Å². The van der Waals surface area contributed by atoms with Gasteiger partial charge in [0.25, 0.3) is 10.0 Å². The molecule has 9 nitrogen and oxygen atoms in total. The van der Waals surface area contributed by atoms with Gasteiger partial charge in [-0.1, -0.05) is 5.57 Å². The highest BCUT2D eigenvalue weighted by molar-refractivity contribution is 7.89. The van der Waals surface area contributed by atoms with Gasteiger partial charge in [0, 0.05) is 25.8 Å². The average molecular weight is 661 g/mol. The fraction of sp³-hybridized carbons (Fsp3) is 0.400. The van der Waals surface area contributed by atoms with Crippen LogP contribution in [0.25, 0.3) is 11.8 Å². The summed E-state index contributed by atoms with van der Waals surface area (Å²) in [4.78, 5) is 17.4. The third-order valence-corrected chi connectivity index (χ3v) is 11.8. The third-order valence-electron chi connectivity index (χ3n) is 8.92. The van der Waals surface area contributed by atoms with Crippen molar-refractivity contribution in [3.63, 3.8) is 0 Å². The number of halogens is 4. The Balaban J connectivity index is 1.32. The van der Waals surface area contributed by atoms with Gasteiger partial charge in [0.1, 0.15) is 10.7 Å². The van der Waals surface area contributed by atoms with Gasteiger partial charge >= 0.3 is 6.18 Å². The lowest BCUT2D eigenvalue weighted by Crippen LogP contribution is -2.51. The number of hydrogen-bond donors (Lipinski definition) is 0. The number of allylic oxidation sites excluding steroid dienone is 1. The maximum Gasteiger partial charge on any atom is 0.427 e. The molecule has 7 rings (SSSR count). The molecule has 3 aromatic heterocycles. The number of carbonyl (C=O) groups is 1. The molecular weight excluding hydrogens is 632 g/mol. The number of carbonyl (C=O) groups excluding carboxylic acids is 1. The fourth-order valence-corrected chi connectivity index (χ4v) is 8.99. The number of hydrogen-bond acceptors (Lipinski definition) is 7. The first-order valence-corrected chi connectivity index (χ1v) is 16.7. The van der Waals surface area contributed by atoms with Crippen molar-refractivity contribution >= 4 is 33.2 Å². The maximum atomic E-state index is 14.4. The quantitative estimate of drug-likeness (QED) is 0.178. The molecule has 2 atom stereocenters. The minimum Gasteiger partial charge on any atom is -0.290 e. The zero-order valence-electron chi connectivity index (χ0n) is 24.0. The van der Waals surface area contributed by atoms with Crippen LogP contribution < -0.4 is 0 Å². The number of aromatic nitrogens is 5. The Morgan fingerprint density at radius 2 is 1.89 bits per heavy atom. The second kappa shape index (κ2) is 10.7. The smallest absolute Gasteiger partial charge is 0.290 e. The molecule has 0 saturated heterocycles. The molecule has 15 heteroatoms. The Bertz CT molecular complexity index is 1920. The molecule has 1 aromatic carbocycles. The third kappa shape index (κ3) is 5.33. The second-order valence-corrected chi connectivity index (χ2v) is 14.8. The van der Waals surface area contributed by atoms with E-state index in [4.69, 9.17) is 0 Å². The minimum atomic E-state index is -4.66. The first-order valence-electron chi connectivity index (χ1n) is 14.5. The average Bonchev–Trinajstić information content (AvgIpc) is 3.33. The Morgan fingerprint density at radius 3 is 2.53 bits per heavy atom. The molecule has 0 N–H and O–H groups in total. The van der Waals surface area contributed by atoms with Crippen molar-refractivity contribution in [1.82, 2.24) is 28.9 Å². The molecule has 3 aliphatic rings. The van der Waals surface area contributed by atoms with Crippen molar-refractivity contribution in [3.05, 3.63) is 81.5 Å². The van der Waals surface area contributed by atoms with Crippen LogP contribution in [-0.2, 0) is 29.7 Å². The first kappa shape index (κ1) is 30.0. The molecule has 0 bridgehead atoms. The Labute approximate surface area is 260 Å². The maximum absolute atomic E-state index is 14.4. The number of benzene rings is 1. The Kier molecular flexibility index (Phi) is 7.13. The SMILES string of the molecule is Cn1ccc(S(=O)(=O)N(CC2CC2)[C@H]2CCC3=Cc4c(cnn4-c4ccc(F)cc4)C[C@]3(C(=O)c3ncc(C(F)(F)F)s3)C2)n1. The number of sulfonamides is 1. The van der Waals surface area contributed by atoms with Crippen LogP contribution in [0.15, 0.2) is 59.5 Å². The zero-order valence-corrected chi connectivity index (χ0v) is 25.7. The van der Waals surface area contributed by atoms with E-state index in [2.05, 4.69) is 15.2 Å². The van der Waals surface area contributed by atoms with E-state index in [1.165, 1.54) is 27.2 Å². The minimum absolute atomic E-state index is 0.0680. The summed E-state index contributed by atoms with van der Waals surface area (Å²) < 4.78 is 86.8. The van der Waals surface area contributed by atoms with Crippen molar-refractivity contribution in [2.24, 2.45) is 18.4 Å². The number of Topliss-reactive ketones (excluding diaryl/α,β-unsaturated/α-hetero) is 1. The molecule has 3 heterocycles. The highest BCUT2D eigenvalue weighted by atomic mass is 32.2. The van der Waals surface area contributed by atoms with Gasteiger partial charge in [-0.25, -0.2) is 22.5 Å². The van der Waals surface area contributed by atoms with Crippen molar-refractivity contribution < 1.29 is 30.8 Å². The highest BCUT2D eigenvalue weighted by Gasteiger charge is 2.53. The Morgan fingerprint density at radius 1 is 1.13 bits per heavy atom. The van der Waals surface area contributed by atoms with Crippen LogP contribution in [0.3, 0.4) is 0 Å². The number of fused-ring (bicyclic) bond motifs is 2. The van der Waals surface area contributed by atoms with Crippen molar-refractivity contribution in [2.75, 3.05) is 6.54 Å². The lowest BCUT2D eigenvalue weighted by Gasteiger charge is -2.46. The monoisotopic (exact) mass is 660 g/mol. The molecular formula is C30H28F4N6O3S2. The van der Waals surface area contributed by atoms with Gasteiger partial charge in [-0.15, -0.1) is 11.3 Å². The predicted octanol–water partition coefficient (Wildman–Crippen LogP) is 5.68. The standard InChI is InChI=1S/C30H28F4N6O3S2/c1-38-11-10-26(37-38)45(42,43)39(17-18-2-3-18)23-7-4-20-12-24-19(15-36-40(24)22-8-5-21(31)6-9-22)13-29(20,14-23)27(41)28-35-16-25(44-28)30(32,33)34/h5-6,8-12,15-16,18,23H,2-4,7,13-14,17H2,1H3/t23-,29-/m0/s1. The summed E-state index contributed by atoms with van der Waals surface area (Å²) in [6.45, 7) is 0.274. The Hall–Kier alpha value is -3.69. The number of thiazole rings is 1. The number of alkyl halides is 3. The molecule has 236 valence electrons. The summed E-state index contributed by atoms with van der Waals surface area (Å²) in [6, 6.07) is 6.63. The number of rotatable bonds is 8. The molecule has 4 aromatic rings. The molecule has 0 radical (unpaired) electrons. The van der Waals surface area contributed by atoms with Crippen LogP contribution in [0.4, 0.5) is 17.6 Å². The lowest BCUT2D eigenvalue weighted by molar-refractivity contribution is -0.134. The van der Waals surface area contributed by atoms with Crippen molar-refractivity contribution in [2.45, 2.75) is 55.8 Å². The summed E-state index contributed by atoms with van der Waals surface area (Å²) in [6.07, 6.45) is 3.69. The van der Waals surface area contributed by atoms with Gasteiger partial charge in [0.15, 0.2) is 10.0 Å². The molecule has 3 aliphatic carbocycles. The normalized spacial score (nSPS) is 21.8. The van der Waals surface area contributed by atoms with E-state index in [0.29, 0.717) is 52.9 Å². The van der Waals surface area contributed by atoms with Gasteiger partial charge in [-0.05, 0) is 86.4 Å². The van der Waals surface area contributed by atoms with Crippen LogP contribution >= 0.6 is 11.3 Å². The molecule has 2 saturated carbocycles. The molecule has 0 unspecified atom stereocenters. The van der Waals surface area contributed by atoms with Gasteiger partial charge < -0.3 is 0 Å². The summed E-state index contributed by atoms with van der Waals surface area (Å²) in [7, 11) is -2.41. The van der Waals surface area contributed by atoms with Crippen LogP contribution in [0.2, 0.25) is 0 Å². The summed E-state index contributed by atoms with van der Waals surface area (Å²) in [5.41, 5.74) is 1.31. The topological polar surface area (TPSA) is 103 Å². The van der Waals surface area contributed by atoms with E-state index in [0.717, 1.165) is 12.8 Å². The van der Waals surface area contributed by atoms with E-state index in [1.54, 1.807) is 36.3 Å². The second-order valence-electron chi connectivity index (χ2n) is 12.0. The summed E-state index contributed by atoms with van der Waals surface area (Å²) in [5.74, 6) is -0.785. The molecule has 0 spiro atoms. The van der Waals surface area contributed by atoms with Gasteiger partial charge in [0.05, 0.1) is 29.2 Å². The van der Waals surface area contributed by atoms with Crippen molar-refractivity contribution in [1.29, 1.82) is 0 Å². The van der Waals surface area contributed by atoms with E-state index in [1.807, 2.05) is 6.08 Å². The molecule has 2 fully saturated rings. The van der Waals surface area contributed by atoms with Gasteiger partial charge in [0.2, 0.25) is 5.78 Å².